The summed E-state index contributed by atoms with van der Waals surface area (Å²) in [6.45, 7) is 5.57. The lowest BCUT2D eigenvalue weighted by molar-refractivity contribution is 0.318. The van der Waals surface area contributed by atoms with Crippen molar-refractivity contribution in [3.8, 4) is 0 Å². The van der Waals surface area contributed by atoms with Crippen molar-refractivity contribution in [1.82, 2.24) is 20.1 Å². The number of aryl methyl sites for hydroxylation is 1. The topological polar surface area (TPSA) is 42.7 Å². The fraction of sp³-hybridized carbons (Fsp3) is 0.800. The standard InChI is InChI=1S/C10H20N4/c1-10(2,5-6-11-3)7-9-12-8-13-14(9)4/h8,11H,5-7H2,1-4H3. The second-order valence-corrected chi connectivity index (χ2v) is 4.49. The Morgan fingerprint density at radius 3 is 2.71 bits per heavy atom. The van der Waals surface area contributed by atoms with E-state index < -0.39 is 0 Å². The van der Waals surface area contributed by atoms with Gasteiger partial charge in [0.25, 0.3) is 0 Å². The molecule has 0 saturated carbocycles. The Balaban J connectivity index is 2.54. The van der Waals surface area contributed by atoms with Crippen LogP contribution in [0.5, 0.6) is 0 Å². The van der Waals surface area contributed by atoms with Crippen molar-refractivity contribution in [3.05, 3.63) is 12.2 Å². The van der Waals surface area contributed by atoms with Gasteiger partial charge in [0.15, 0.2) is 0 Å². The molecule has 0 aliphatic heterocycles. The average molecular weight is 196 g/mol. The molecule has 14 heavy (non-hydrogen) atoms. The van der Waals surface area contributed by atoms with Crippen LogP contribution in [0.4, 0.5) is 0 Å². The second kappa shape index (κ2) is 4.55. The molecule has 1 aromatic heterocycles. The minimum absolute atomic E-state index is 0.282. The van der Waals surface area contributed by atoms with E-state index >= 15 is 0 Å². The first kappa shape index (κ1) is 11.2. The van der Waals surface area contributed by atoms with E-state index in [2.05, 4.69) is 29.2 Å². The maximum absolute atomic E-state index is 4.24. The van der Waals surface area contributed by atoms with Crippen LogP contribution in [0.1, 0.15) is 26.1 Å². The van der Waals surface area contributed by atoms with E-state index in [0.717, 1.165) is 25.2 Å². The van der Waals surface area contributed by atoms with Gasteiger partial charge in [0, 0.05) is 13.5 Å². The fourth-order valence-corrected chi connectivity index (χ4v) is 1.46. The Bertz CT molecular complexity index is 277. The van der Waals surface area contributed by atoms with Gasteiger partial charge in [0.1, 0.15) is 12.2 Å². The Labute approximate surface area is 85.7 Å². The molecule has 0 atom stereocenters. The molecule has 0 unspecified atom stereocenters. The molecular formula is C10H20N4. The molecule has 4 heteroatoms. The molecule has 0 fully saturated rings. The van der Waals surface area contributed by atoms with Gasteiger partial charge in [-0.25, -0.2) is 4.98 Å². The molecule has 1 N–H and O–H groups in total. The first-order valence-electron chi connectivity index (χ1n) is 5.03. The first-order chi connectivity index (χ1) is 6.55. The van der Waals surface area contributed by atoms with Gasteiger partial charge in [-0.2, -0.15) is 5.10 Å². The van der Waals surface area contributed by atoms with Gasteiger partial charge in [0.2, 0.25) is 0 Å². The van der Waals surface area contributed by atoms with Crippen LogP contribution in [-0.2, 0) is 13.5 Å². The van der Waals surface area contributed by atoms with Crippen molar-refractivity contribution in [2.75, 3.05) is 13.6 Å². The number of nitrogens with zero attached hydrogens (tertiary/aromatic N) is 3. The summed E-state index contributed by atoms with van der Waals surface area (Å²) in [6.07, 6.45) is 3.74. The lowest BCUT2D eigenvalue weighted by atomic mass is 9.85. The van der Waals surface area contributed by atoms with Crippen LogP contribution in [0.15, 0.2) is 6.33 Å². The minimum Gasteiger partial charge on any atom is -0.320 e. The fourth-order valence-electron chi connectivity index (χ4n) is 1.46. The summed E-state index contributed by atoms with van der Waals surface area (Å²) in [4.78, 5) is 4.24. The molecular weight excluding hydrogens is 176 g/mol. The summed E-state index contributed by atoms with van der Waals surface area (Å²) >= 11 is 0. The number of hydrogen-bond donors (Lipinski definition) is 1. The summed E-state index contributed by atoms with van der Waals surface area (Å²) in [6, 6.07) is 0. The van der Waals surface area contributed by atoms with Crippen LogP contribution in [0.25, 0.3) is 0 Å². The predicted molar refractivity (Wildman–Crippen MR) is 57.0 cm³/mol. The number of rotatable bonds is 5. The molecule has 0 saturated heterocycles. The number of aromatic nitrogens is 3. The average Bonchev–Trinajstić information content (AvgIpc) is 2.48. The van der Waals surface area contributed by atoms with Gasteiger partial charge in [0.05, 0.1) is 0 Å². The van der Waals surface area contributed by atoms with Crippen LogP contribution in [0.3, 0.4) is 0 Å². The molecule has 0 aliphatic rings. The summed E-state index contributed by atoms with van der Waals surface area (Å²) in [5.41, 5.74) is 0.282. The summed E-state index contributed by atoms with van der Waals surface area (Å²) in [5.74, 6) is 1.06. The Hall–Kier alpha value is -0.900. The summed E-state index contributed by atoms with van der Waals surface area (Å²) < 4.78 is 1.85. The highest BCUT2D eigenvalue weighted by Crippen LogP contribution is 2.23. The molecule has 0 bridgehead atoms. The molecule has 0 aromatic carbocycles. The highest BCUT2D eigenvalue weighted by Gasteiger charge is 2.20. The molecule has 4 nitrogen and oxygen atoms in total. The van der Waals surface area contributed by atoms with Crippen LogP contribution in [0.2, 0.25) is 0 Å². The van der Waals surface area contributed by atoms with Crippen LogP contribution >= 0.6 is 0 Å². The number of hydrogen-bond acceptors (Lipinski definition) is 3. The van der Waals surface area contributed by atoms with Gasteiger partial charge in [-0.15, -0.1) is 0 Å². The van der Waals surface area contributed by atoms with Crippen molar-refractivity contribution in [2.45, 2.75) is 26.7 Å². The lowest BCUT2D eigenvalue weighted by Gasteiger charge is -2.23. The van der Waals surface area contributed by atoms with Gasteiger partial charge in [-0.1, -0.05) is 13.8 Å². The third kappa shape index (κ3) is 3.10. The third-order valence-electron chi connectivity index (χ3n) is 2.49. The largest absolute Gasteiger partial charge is 0.320 e. The Kier molecular flexibility index (Phi) is 3.63. The molecule has 0 amide bonds. The Morgan fingerprint density at radius 2 is 2.21 bits per heavy atom. The normalized spacial score (nSPS) is 12.0. The van der Waals surface area contributed by atoms with Crippen molar-refractivity contribution >= 4 is 0 Å². The summed E-state index contributed by atoms with van der Waals surface area (Å²) in [5, 5.41) is 7.25. The smallest absolute Gasteiger partial charge is 0.138 e. The van der Waals surface area contributed by atoms with Gasteiger partial charge in [-0.3, -0.25) is 4.68 Å². The zero-order chi connectivity index (χ0) is 10.6. The van der Waals surface area contributed by atoms with Crippen molar-refractivity contribution in [3.63, 3.8) is 0 Å². The van der Waals surface area contributed by atoms with Gasteiger partial charge >= 0.3 is 0 Å². The lowest BCUT2D eigenvalue weighted by Crippen LogP contribution is -2.23. The highest BCUT2D eigenvalue weighted by molar-refractivity contribution is 4.90. The number of nitrogens with one attached hydrogen (secondary N) is 1. The van der Waals surface area contributed by atoms with E-state index in [-0.39, 0.29) is 5.41 Å². The molecule has 80 valence electrons. The van der Waals surface area contributed by atoms with Crippen molar-refractivity contribution in [1.29, 1.82) is 0 Å². The Morgan fingerprint density at radius 1 is 1.50 bits per heavy atom. The quantitative estimate of drug-likeness (QED) is 0.764. The van der Waals surface area contributed by atoms with E-state index in [0.29, 0.717) is 0 Å². The first-order valence-corrected chi connectivity index (χ1v) is 5.03. The minimum atomic E-state index is 0.282. The zero-order valence-electron chi connectivity index (χ0n) is 9.54. The monoisotopic (exact) mass is 196 g/mol. The molecule has 1 rings (SSSR count). The maximum atomic E-state index is 4.24. The highest BCUT2D eigenvalue weighted by atomic mass is 15.3. The van der Waals surface area contributed by atoms with E-state index in [4.69, 9.17) is 0 Å². The van der Waals surface area contributed by atoms with Crippen molar-refractivity contribution in [2.24, 2.45) is 12.5 Å². The third-order valence-corrected chi connectivity index (χ3v) is 2.49. The van der Waals surface area contributed by atoms with E-state index in [1.165, 1.54) is 0 Å². The van der Waals surface area contributed by atoms with Gasteiger partial charge in [-0.05, 0) is 25.4 Å². The zero-order valence-corrected chi connectivity index (χ0v) is 9.54. The predicted octanol–water partition coefficient (Wildman–Crippen LogP) is 0.993. The molecule has 0 radical (unpaired) electrons. The van der Waals surface area contributed by atoms with Crippen LogP contribution < -0.4 is 5.32 Å². The van der Waals surface area contributed by atoms with Crippen LogP contribution in [-0.4, -0.2) is 28.4 Å². The maximum Gasteiger partial charge on any atom is 0.138 e. The second-order valence-electron chi connectivity index (χ2n) is 4.49. The molecule has 1 aromatic rings. The summed E-state index contributed by atoms with van der Waals surface area (Å²) in [7, 11) is 3.93. The van der Waals surface area contributed by atoms with E-state index in [9.17, 15) is 0 Å². The molecule has 0 aliphatic carbocycles. The van der Waals surface area contributed by atoms with Crippen LogP contribution in [0, 0.1) is 5.41 Å². The molecule has 1 heterocycles. The SMILES string of the molecule is CNCCC(C)(C)Cc1ncnn1C. The molecule has 0 spiro atoms. The van der Waals surface area contributed by atoms with E-state index in [1.807, 2.05) is 18.8 Å². The van der Waals surface area contributed by atoms with E-state index in [1.54, 1.807) is 6.33 Å². The van der Waals surface area contributed by atoms with Crippen molar-refractivity contribution < 1.29 is 0 Å². The van der Waals surface area contributed by atoms with Gasteiger partial charge < -0.3 is 5.32 Å².